The van der Waals surface area contributed by atoms with Crippen molar-refractivity contribution in [1.82, 2.24) is 0 Å². The van der Waals surface area contributed by atoms with Gasteiger partial charge < -0.3 is 10.8 Å². The van der Waals surface area contributed by atoms with Crippen LogP contribution in [0.1, 0.15) is 42.3 Å². The number of hydrogen-bond donors (Lipinski definition) is 2. The molecule has 1 aromatic rings. The Labute approximate surface area is 88.9 Å². The molecule has 0 spiro atoms. The predicted octanol–water partition coefficient (Wildman–Crippen LogP) is 2.04. The molecule has 0 bridgehead atoms. The van der Waals surface area contributed by atoms with Crippen molar-refractivity contribution in [1.29, 1.82) is 0 Å². The van der Waals surface area contributed by atoms with Gasteiger partial charge in [0.15, 0.2) is 0 Å². The molecule has 15 heavy (non-hydrogen) atoms. The minimum absolute atomic E-state index is 0.672. The molecule has 0 aliphatic heterocycles. The Morgan fingerprint density at radius 1 is 1.33 bits per heavy atom. The van der Waals surface area contributed by atoms with Gasteiger partial charge in [0.2, 0.25) is 0 Å². The molecular formula is C12H15NO2. The van der Waals surface area contributed by atoms with E-state index in [0.29, 0.717) is 11.5 Å². The lowest BCUT2D eigenvalue weighted by atomic mass is 9.80. The highest BCUT2D eigenvalue weighted by atomic mass is 16.4. The van der Waals surface area contributed by atoms with Gasteiger partial charge in [-0.3, -0.25) is 4.79 Å². The van der Waals surface area contributed by atoms with E-state index >= 15 is 0 Å². The maximum Gasteiger partial charge on any atom is 0.325 e. The van der Waals surface area contributed by atoms with E-state index in [4.69, 9.17) is 10.8 Å². The molecule has 1 aliphatic carbocycles. The molecule has 2 rings (SSSR count). The Morgan fingerprint density at radius 2 is 1.93 bits per heavy atom. The summed E-state index contributed by atoms with van der Waals surface area (Å²) in [4.78, 5) is 10.7. The minimum Gasteiger partial charge on any atom is -0.480 e. The zero-order valence-electron chi connectivity index (χ0n) is 8.52. The first kappa shape index (κ1) is 10.2. The Morgan fingerprint density at radius 3 is 2.33 bits per heavy atom. The van der Waals surface area contributed by atoms with Gasteiger partial charge >= 0.3 is 5.97 Å². The monoisotopic (exact) mass is 205 g/mol. The fraction of sp³-hybridized carbons (Fsp3) is 0.417. The van der Waals surface area contributed by atoms with E-state index in [9.17, 15) is 4.79 Å². The highest BCUT2D eigenvalue weighted by Crippen LogP contribution is 2.36. The van der Waals surface area contributed by atoms with E-state index in [1.807, 2.05) is 24.3 Å². The predicted molar refractivity (Wildman–Crippen MR) is 57.6 cm³/mol. The highest BCUT2D eigenvalue weighted by molar-refractivity contribution is 5.75. The van der Waals surface area contributed by atoms with Crippen LogP contribution >= 0.6 is 0 Å². The van der Waals surface area contributed by atoms with E-state index in [2.05, 4.69) is 0 Å². The Balaban J connectivity index is 2.12. The lowest BCUT2D eigenvalue weighted by molar-refractivity contribution is -0.138. The summed E-state index contributed by atoms with van der Waals surface area (Å²) < 4.78 is 0. The summed E-state index contributed by atoms with van der Waals surface area (Å²) >= 11 is 0. The molecule has 1 unspecified atom stereocenters. The molecule has 3 N–H and O–H groups in total. The Bertz CT molecular complexity index is 354. The standard InChI is InChI=1S/C12H15NO2/c13-11(12(14)15)10-6-4-9(5-7-10)8-2-1-3-8/h4-8,11H,1-3,13H2,(H,14,15). The number of aliphatic carboxylic acids is 1. The van der Waals surface area contributed by atoms with Crippen LogP contribution in [-0.4, -0.2) is 11.1 Å². The van der Waals surface area contributed by atoms with Crippen LogP contribution in [0.2, 0.25) is 0 Å². The molecule has 3 heteroatoms. The van der Waals surface area contributed by atoms with Gasteiger partial charge in [-0.15, -0.1) is 0 Å². The van der Waals surface area contributed by atoms with Gasteiger partial charge in [0.1, 0.15) is 6.04 Å². The number of hydrogen-bond acceptors (Lipinski definition) is 2. The van der Waals surface area contributed by atoms with Crippen molar-refractivity contribution in [3.63, 3.8) is 0 Å². The number of rotatable bonds is 3. The van der Waals surface area contributed by atoms with Crippen LogP contribution < -0.4 is 5.73 Å². The maximum absolute atomic E-state index is 10.7. The number of nitrogens with two attached hydrogens (primary N) is 1. The average Bonchev–Trinajstić information content (AvgIpc) is 2.15. The zero-order chi connectivity index (χ0) is 10.8. The normalized spacial score (nSPS) is 18.2. The first-order valence-corrected chi connectivity index (χ1v) is 5.26. The van der Waals surface area contributed by atoms with Crippen molar-refractivity contribution in [3.05, 3.63) is 35.4 Å². The molecule has 1 atom stereocenters. The van der Waals surface area contributed by atoms with Crippen molar-refractivity contribution in [2.75, 3.05) is 0 Å². The largest absolute Gasteiger partial charge is 0.480 e. The lowest BCUT2D eigenvalue weighted by Gasteiger charge is -2.26. The van der Waals surface area contributed by atoms with Crippen LogP contribution in [0.25, 0.3) is 0 Å². The molecule has 1 aromatic carbocycles. The zero-order valence-corrected chi connectivity index (χ0v) is 8.52. The molecule has 0 aromatic heterocycles. The Kier molecular flexibility index (Phi) is 2.73. The van der Waals surface area contributed by atoms with Crippen LogP contribution in [0.4, 0.5) is 0 Å². The van der Waals surface area contributed by atoms with E-state index in [-0.39, 0.29) is 0 Å². The molecule has 1 saturated carbocycles. The van der Waals surface area contributed by atoms with Crippen LogP contribution in [0, 0.1) is 0 Å². The molecule has 0 radical (unpaired) electrons. The maximum atomic E-state index is 10.7. The summed E-state index contributed by atoms with van der Waals surface area (Å²) in [7, 11) is 0. The van der Waals surface area contributed by atoms with Crippen molar-refractivity contribution in [2.24, 2.45) is 5.73 Å². The second-order valence-electron chi connectivity index (χ2n) is 4.11. The summed E-state index contributed by atoms with van der Waals surface area (Å²) in [6, 6.07) is 6.75. The number of carbonyl (C=O) groups is 1. The van der Waals surface area contributed by atoms with E-state index in [1.165, 1.54) is 24.8 Å². The van der Waals surface area contributed by atoms with Crippen LogP contribution in [-0.2, 0) is 4.79 Å². The van der Waals surface area contributed by atoms with Gasteiger partial charge in [-0.1, -0.05) is 30.7 Å². The summed E-state index contributed by atoms with van der Waals surface area (Å²) in [5, 5.41) is 8.75. The highest BCUT2D eigenvalue weighted by Gasteiger charge is 2.20. The summed E-state index contributed by atoms with van der Waals surface area (Å²) in [6.45, 7) is 0. The molecule has 0 heterocycles. The average molecular weight is 205 g/mol. The fourth-order valence-corrected chi connectivity index (χ4v) is 1.86. The van der Waals surface area contributed by atoms with Crippen molar-refractivity contribution in [2.45, 2.75) is 31.2 Å². The molecule has 0 amide bonds. The molecule has 80 valence electrons. The van der Waals surface area contributed by atoms with Gasteiger partial charge in [0.25, 0.3) is 0 Å². The van der Waals surface area contributed by atoms with Crippen LogP contribution in [0.3, 0.4) is 0 Å². The van der Waals surface area contributed by atoms with Gasteiger partial charge in [-0.2, -0.15) is 0 Å². The summed E-state index contributed by atoms with van der Waals surface area (Å²) in [5.41, 5.74) is 7.49. The smallest absolute Gasteiger partial charge is 0.325 e. The molecule has 3 nitrogen and oxygen atoms in total. The molecule has 1 fully saturated rings. The number of carboxylic acids is 1. The van der Waals surface area contributed by atoms with Crippen LogP contribution in [0.15, 0.2) is 24.3 Å². The first-order valence-electron chi connectivity index (χ1n) is 5.26. The molecule has 0 saturated heterocycles. The quantitative estimate of drug-likeness (QED) is 0.793. The van der Waals surface area contributed by atoms with E-state index in [0.717, 1.165) is 0 Å². The van der Waals surface area contributed by atoms with Gasteiger partial charge in [0, 0.05) is 0 Å². The molecule has 1 aliphatic rings. The van der Waals surface area contributed by atoms with Gasteiger partial charge in [-0.05, 0) is 29.9 Å². The third-order valence-corrected chi connectivity index (χ3v) is 3.14. The van der Waals surface area contributed by atoms with Gasteiger partial charge in [-0.25, -0.2) is 0 Å². The SMILES string of the molecule is NC(C(=O)O)c1ccc(C2CCC2)cc1. The second kappa shape index (κ2) is 4.03. The number of carboxylic acid groups (broad SMARTS) is 1. The summed E-state index contributed by atoms with van der Waals surface area (Å²) in [5.74, 6) is -0.300. The second-order valence-corrected chi connectivity index (χ2v) is 4.11. The third-order valence-electron chi connectivity index (χ3n) is 3.14. The number of benzene rings is 1. The molecular weight excluding hydrogens is 190 g/mol. The fourth-order valence-electron chi connectivity index (χ4n) is 1.86. The third kappa shape index (κ3) is 2.02. The van der Waals surface area contributed by atoms with E-state index in [1.54, 1.807) is 0 Å². The van der Waals surface area contributed by atoms with Crippen molar-refractivity contribution >= 4 is 5.97 Å². The van der Waals surface area contributed by atoms with Crippen LogP contribution in [0.5, 0.6) is 0 Å². The minimum atomic E-state index is -0.980. The summed E-state index contributed by atoms with van der Waals surface area (Å²) in [6.07, 6.45) is 3.82. The van der Waals surface area contributed by atoms with E-state index < -0.39 is 12.0 Å². The van der Waals surface area contributed by atoms with Gasteiger partial charge in [0.05, 0.1) is 0 Å². The Hall–Kier alpha value is -1.35. The topological polar surface area (TPSA) is 63.3 Å². The lowest BCUT2D eigenvalue weighted by Crippen LogP contribution is -2.20. The van der Waals surface area contributed by atoms with Crippen molar-refractivity contribution in [3.8, 4) is 0 Å². The first-order chi connectivity index (χ1) is 7.18. The van der Waals surface area contributed by atoms with Crippen molar-refractivity contribution < 1.29 is 9.90 Å².